The molecule has 9 heteroatoms. The quantitative estimate of drug-likeness (QED) is 0.780. The molecule has 1 aromatic carbocycles. The zero-order chi connectivity index (χ0) is 21.3. The molecule has 0 spiro atoms. The molecule has 9 nitrogen and oxygen atoms in total. The van der Waals surface area contributed by atoms with E-state index in [0.29, 0.717) is 24.3 Å². The summed E-state index contributed by atoms with van der Waals surface area (Å²) >= 11 is 0. The Labute approximate surface area is 174 Å². The Hall–Kier alpha value is -3.20. The molecule has 1 saturated heterocycles. The summed E-state index contributed by atoms with van der Waals surface area (Å²) in [6.07, 6.45) is -0.0601. The smallest absolute Gasteiger partial charge is 0.254 e. The third-order valence-electron chi connectivity index (χ3n) is 5.72. The molecule has 2 aliphatic rings. The minimum atomic E-state index is -0.891. The van der Waals surface area contributed by atoms with Crippen molar-refractivity contribution in [2.24, 2.45) is 0 Å². The number of piperazine rings is 1. The summed E-state index contributed by atoms with van der Waals surface area (Å²) in [6, 6.07) is 5.92. The van der Waals surface area contributed by atoms with Crippen LogP contribution in [-0.2, 0) is 16.1 Å². The molecule has 0 radical (unpaired) electrons. The van der Waals surface area contributed by atoms with Gasteiger partial charge in [0.1, 0.15) is 11.8 Å². The van der Waals surface area contributed by atoms with E-state index in [2.05, 4.69) is 20.7 Å². The van der Waals surface area contributed by atoms with Gasteiger partial charge in [-0.1, -0.05) is 17.3 Å². The molecule has 0 bridgehead atoms. The van der Waals surface area contributed by atoms with Crippen molar-refractivity contribution in [3.8, 4) is 0 Å². The van der Waals surface area contributed by atoms with Gasteiger partial charge >= 0.3 is 0 Å². The molecule has 3 amide bonds. The highest BCUT2D eigenvalue weighted by molar-refractivity contribution is 6.10. The van der Waals surface area contributed by atoms with Crippen molar-refractivity contribution < 1.29 is 18.9 Å². The highest BCUT2D eigenvalue weighted by atomic mass is 16.5. The van der Waals surface area contributed by atoms with Crippen molar-refractivity contribution in [2.75, 3.05) is 31.5 Å². The third kappa shape index (κ3) is 4.06. The number of amides is 3. The number of carbonyl (C=O) groups is 3. The zero-order valence-electron chi connectivity index (χ0n) is 17.1. The Morgan fingerprint density at radius 2 is 1.90 bits per heavy atom. The lowest BCUT2D eigenvalue weighted by atomic mass is 10.1. The Balaban J connectivity index is 1.33. The number of hydrogen-bond acceptors (Lipinski definition) is 6. The van der Waals surface area contributed by atoms with Gasteiger partial charge in [-0.05, 0) is 26.0 Å². The first-order chi connectivity index (χ1) is 14.4. The highest BCUT2D eigenvalue weighted by Gasteiger charge is 2.31. The zero-order valence-corrected chi connectivity index (χ0v) is 17.1. The van der Waals surface area contributed by atoms with Gasteiger partial charge in [0.2, 0.25) is 11.8 Å². The van der Waals surface area contributed by atoms with Crippen LogP contribution >= 0.6 is 0 Å². The molecule has 1 atom stereocenters. The Kier molecular flexibility index (Phi) is 5.54. The molecule has 1 aromatic heterocycles. The summed E-state index contributed by atoms with van der Waals surface area (Å²) in [6.45, 7) is 7.17. The first-order valence-corrected chi connectivity index (χ1v) is 10.0. The number of benzene rings is 1. The molecular weight excluding hydrogens is 386 g/mol. The molecule has 158 valence electrons. The van der Waals surface area contributed by atoms with E-state index in [4.69, 9.17) is 4.52 Å². The van der Waals surface area contributed by atoms with E-state index < -0.39 is 6.04 Å². The van der Waals surface area contributed by atoms with Gasteiger partial charge in [-0.2, -0.15) is 0 Å². The molecular formula is C21H25N5O4. The second-order valence-corrected chi connectivity index (χ2v) is 7.72. The average molecular weight is 411 g/mol. The topological polar surface area (TPSA) is 108 Å². The van der Waals surface area contributed by atoms with Crippen LogP contribution in [-0.4, -0.2) is 64.9 Å². The van der Waals surface area contributed by atoms with Crippen molar-refractivity contribution in [1.29, 1.82) is 0 Å². The van der Waals surface area contributed by atoms with Crippen molar-refractivity contribution in [3.05, 3.63) is 46.8 Å². The summed E-state index contributed by atoms with van der Waals surface area (Å²) in [5, 5.41) is 9.40. The maximum Gasteiger partial charge on any atom is 0.254 e. The fourth-order valence-electron chi connectivity index (χ4n) is 3.87. The van der Waals surface area contributed by atoms with Crippen LogP contribution in [0.1, 0.15) is 33.8 Å². The molecule has 4 rings (SSSR count). The number of rotatable bonds is 4. The van der Waals surface area contributed by atoms with Gasteiger partial charge in [0, 0.05) is 38.3 Å². The van der Waals surface area contributed by atoms with Crippen molar-refractivity contribution >= 4 is 23.4 Å². The molecule has 2 aromatic rings. The molecule has 2 N–H and O–H groups in total. The molecule has 1 fully saturated rings. The molecule has 0 aliphatic carbocycles. The Bertz CT molecular complexity index is 958. The summed E-state index contributed by atoms with van der Waals surface area (Å²) in [5.41, 5.74) is 2.84. The van der Waals surface area contributed by atoms with Crippen LogP contribution in [0.2, 0.25) is 0 Å². The summed E-state index contributed by atoms with van der Waals surface area (Å²) < 4.78 is 5.22. The summed E-state index contributed by atoms with van der Waals surface area (Å²) in [4.78, 5) is 41.7. The number of carbonyl (C=O) groups excluding carboxylic acids is 3. The van der Waals surface area contributed by atoms with Crippen molar-refractivity contribution in [1.82, 2.24) is 20.3 Å². The fraction of sp³-hybridized carbons (Fsp3) is 0.429. The number of fused-ring (bicyclic) bond motifs is 1. The van der Waals surface area contributed by atoms with E-state index in [0.717, 1.165) is 36.7 Å². The molecule has 2 aliphatic heterocycles. The Morgan fingerprint density at radius 3 is 2.60 bits per heavy atom. The maximum absolute atomic E-state index is 12.8. The van der Waals surface area contributed by atoms with Gasteiger partial charge in [0.15, 0.2) is 0 Å². The fourth-order valence-corrected chi connectivity index (χ4v) is 3.87. The normalized spacial score (nSPS) is 19.7. The minimum Gasteiger partial charge on any atom is -0.361 e. The van der Waals surface area contributed by atoms with Gasteiger partial charge in [0.25, 0.3) is 5.91 Å². The predicted molar refractivity (Wildman–Crippen MR) is 109 cm³/mol. The van der Waals surface area contributed by atoms with Gasteiger partial charge in [-0.3, -0.25) is 19.3 Å². The SMILES string of the molecule is Cc1noc(C)c1CN1CCN(C(=O)C[C@@H]2NC(=O)c3ccccc3NC2=O)CC1. The van der Waals surface area contributed by atoms with Crippen LogP contribution in [0.5, 0.6) is 0 Å². The largest absolute Gasteiger partial charge is 0.361 e. The van der Waals surface area contributed by atoms with E-state index in [1.807, 2.05) is 13.8 Å². The van der Waals surface area contributed by atoms with Crippen LogP contribution in [0.25, 0.3) is 0 Å². The number of aryl methyl sites for hydroxylation is 2. The molecule has 30 heavy (non-hydrogen) atoms. The van der Waals surface area contributed by atoms with E-state index >= 15 is 0 Å². The van der Waals surface area contributed by atoms with Gasteiger partial charge in [0.05, 0.1) is 23.4 Å². The maximum atomic E-state index is 12.8. The van der Waals surface area contributed by atoms with E-state index in [1.165, 1.54) is 0 Å². The standard InChI is InChI=1S/C21H25N5O4/c1-13-16(14(2)30-24-13)12-25-7-9-26(10-8-25)19(27)11-18-21(29)22-17-6-4-3-5-15(17)20(28)23-18/h3-6,18H,7-12H2,1-2H3,(H,22,29)(H,23,28)/t18-/m0/s1. The van der Waals surface area contributed by atoms with Gasteiger partial charge < -0.3 is 20.1 Å². The van der Waals surface area contributed by atoms with E-state index in [1.54, 1.807) is 29.2 Å². The highest BCUT2D eigenvalue weighted by Crippen LogP contribution is 2.20. The number of para-hydroxylation sites is 1. The minimum absolute atomic E-state index is 0.0601. The Morgan fingerprint density at radius 1 is 1.17 bits per heavy atom. The van der Waals surface area contributed by atoms with E-state index in [-0.39, 0.29) is 24.1 Å². The lowest BCUT2D eigenvalue weighted by Gasteiger charge is -2.35. The summed E-state index contributed by atoms with van der Waals surface area (Å²) in [5.74, 6) is -0.0507. The van der Waals surface area contributed by atoms with Crippen LogP contribution in [0.4, 0.5) is 5.69 Å². The first-order valence-electron chi connectivity index (χ1n) is 10.0. The van der Waals surface area contributed by atoms with Crippen molar-refractivity contribution in [2.45, 2.75) is 32.9 Å². The second kappa shape index (κ2) is 8.27. The van der Waals surface area contributed by atoms with E-state index in [9.17, 15) is 14.4 Å². The monoisotopic (exact) mass is 411 g/mol. The van der Waals surface area contributed by atoms with Crippen LogP contribution in [0, 0.1) is 13.8 Å². The van der Waals surface area contributed by atoms with Crippen molar-refractivity contribution in [3.63, 3.8) is 0 Å². The average Bonchev–Trinajstić information content (AvgIpc) is 2.99. The molecule has 3 heterocycles. The predicted octanol–water partition coefficient (Wildman–Crippen LogP) is 1.08. The number of anilines is 1. The molecule has 0 unspecified atom stereocenters. The molecule has 0 saturated carbocycles. The third-order valence-corrected chi connectivity index (χ3v) is 5.72. The lowest BCUT2D eigenvalue weighted by molar-refractivity contribution is -0.135. The lowest BCUT2D eigenvalue weighted by Crippen LogP contribution is -2.51. The number of aromatic nitrogens is 1. The number of nitrogens with one attached hydrogen (secondary N) is 2. The number of nitrogens with zero attached hydrogens (tertiary/aromatic N) is 3. The number of hydrogen-bond donors (Lipinski definition) is 2. The van der Waals surface area contributed by atoms with Gasteiger partial charge in [-0.15, -0.1) is 0 Å². The first kappa shape index (κ1) is 20.1. The van der Waals surface area contributed by atoms with Crippen LogP contribution in [0.3, 0.4) is 0 Å². The van der Waals surface area contributed by atoms with Crippen LogP contribution < -0.4 is 10.6 Å². The second-order valence-electron chi connectivity index (χ2n) is 7.72. The van der Waals surface area contributed by atoms with Gasteiger partial charge in [-0.25, -0.2) is 0 Å². The van der Waals surface area contributed by atoms with Crippen LogP contribution in [0.15, 0.2) is 28.8 Å². The summed E-state index contributed by atoms with van der Waals surface area (Å²) in [7, 11) is 0.